The van der Waals surface area contributed by atoms with Crippen molar-refractivity contribution in [1.82, 2.24) is 4.98 Å². The standard InChI is InChI=1S/C21H18N2O3S/c1-25-16-10-11-17(26-2)20-19(16)23-21(27-20)22-18(24)12-14-8-5-7-13-6-3-4-9-15(13)14/h3-11H,12H2,1-2H3,(H,22,23,24). The molecule has 0 atom stereocenters. The van der Waals surface area contributed by atoms with Gasteiger partial charge in [-0.3, -0.25) is 4.79 Å². The zero-order chi connectivity index (χ0) is 18.8. The minimum Gasteiger partial charge on any atom is -0.495 e. The van der Waals surface area contributed by atoms with Crippen molar-refractivity contribution >= 4 is 43.4 Å². The summed E-state index contributed by atoms with van der Waals surface area (Å²) in [7, 11) is 3.21. The van der Waals surface area contributed by atoms with Crippen molar-refractivity contribution in [2.24, 2.45) is 0 Å². The predicted octanol–water partition coefficient (Wildman–Crippen LogP) is 4.65. The van der Waals surface area contributed by atoms with Crippen LogP contribution in [0.15, 0.2) is 54.6 Å². The molecule has 136 valence electrons. The molecule has 0 aliphatic carbocycles. The molecule has 1 heterocycles. The second-order valence-electron chi connectivity index (χ2n) is 6.03. The maximum absolute atomic E-state index is 12.6. The molecule has 0 aliphatic heterocycles. The fraction of sp³-hybridized carbons (Fsp3) is 0.143. The van der Waals surface area contributed by atoms with Gasteiger partial charge in [0.2, 0.25) is 5.91 Å². The van der Waals surface area contributed by atoms with Gasteiger partial charge in [-0.15, -0.1) is 0 Å². The third-order valence-corrected chi connectivity index (χ3v) is 5.37. The molecule has 4 aromatic rings. The Labute approximate surface area is 160 Å². The molecular weight excluding hydrogens is 360 g/mol. The Hall–Kier alpha value is -3.12. The van der Waals surface area contributed by atoms with Gasteiger partial charge >= 0.3 is 0 Å². The molecule has 5 nitrogen and oxygen atoms in total. The number of thiazole rings is 1. The molecule has 27 heavy (non-hydrogen) atoms. The monoisotopic (exact) mass is 378 g/mol. The van der Waals surface area contributed by atoms with E-state index in [0.717, 1.165) is 21.0 Å². The SMILES string of the molecule is COc1ccc(OC)c2sc(NC(=O)Cc3cccc4ccccc34)nc12. The number of nitrogens with zero attached hydrogens (tertiary/aromatic N) is 1. The van der Waals surface area contributed by atoms with Gasteiger partial charge in [0, 0.05) is 0 Å². The number of benzene rings is 3. The molecule has 0 spiro atoms. The van der Waals surface area contributed by atoms with Crippen molar-refractivity contribution < 1.29 is 14.3 Å². The van der Waals surface area contributed by atoms with Crippen LogP contribution in [-0.2, 0) is 11.2 Å². The Kier molecular flexibility index (Phi) is 4.64. The molecule has 6 heteroatoms. The molecule has 0 unspecified atom stereocenters. The molecule has 4 rings (SSSR count). The third-order valence-electron chi connectivity index (χ3n) is 4.39. The average Bonchev–Trinajstić information content (AvgIpc) is 3.11. The van der Waals surface area contributed by atoms with Crippen molar-refractivity contribution in [2.45, 2.75) is 6.42 Å². The number of methoxy groups -OCH3 is 2. The molecule has 0 aliphatic rings. The first-order chi connectivity index (χ1) is 13.2. The van der Waals surface area contributed by atoms with E-state index in [9.17, 15) is 4.79 Å². The van der Waals surface area contributed by atoms with Crippen LogP contribution < -0.4 is 14.8 Å². The molecule has 1 N–H and O–H groups in total. The van der Waals surface area contributed by atoms with Crippen molar-refractivity contribution in [3.63, 3.8) is 0 Å². The van der Waals surface area contributed by atoms with Crippen molar-refractivity contribution in [3.05, 3.63) is 60.2 Å². The molecule has 1 amide bonds. The Morgan fingerprint density at radius 3 is 2.56 bits per heavy atom. The quantitative estimate of drug-likeness (QED) is 0.549. The van der Waals surface area contributed by atoms with Crippen LogP contribution in [0, 0.1) is 0 Å². The van der Waals surface area contributed by atoms with Gasteiger partial charge in [-0.05, 0) is 28.5 Å². The highest BCUT2D eigenvalue weighted by molar-refractivity contribution is 7.22. The first-order valence-electron chi connectivity index (χ1n) is 8.47. The van der Waals surface area contributed by atoms with E-state index < -0.39 is 0 Å². The van der Waals surface area contributed by atoms with Crippen molar-refractivity contribution in [3.8, 4) is 11.5 Å². The number of anilines is 1. The normalized spacial score (nSPS) is 10.9. The summed E-state index contributed by atoms with van der Waals surface area (Å²) in [6.45, 7) is 0. The molecular formula is C21H18N2O3S. The zero-order valence-electron chi connectivity index (χ0n) is 15.0. The second kappa shape index (κ2) is 7.25. The average molecular weight is 378 g/mol. The highest BCUT2D eigenvalue weighted by Gasteiger charge is 2.15. The first kappa shape index (κ1) is 17.3. The lowest BCUT2D eigenvalue weighted by atomic mass is 10.0. The number of fused-ring (bicyclic) bond motifs is 2. The van der Waals surface area contributed by atoms with Crippen LogP contribution in [0.4, 0.5) is 5.13 Å². The van der Waals surface area contributed by atoms with Crippen LogP contribution in [0.25, 0.3) is 21.0 Å². The number of rotatable bonds is 5. The van der Waals surface area contributed by atoms with Gasteiger partial charge in [-0.2, -0.15) is 0 Å². The summed E-state index contributed by atoms with van der Waals surface area (Å²) in [5.74, 6) is 1.25. The Bertz CT molecular complexity index is 1090. The number of amides is 1. The smallest absolute Gasteiger partial charge is 0.230 e. The maximum atomic E-state index is 12.6. The first-order valence-corrected chi connectivity index (χ1v) is 9.29. The Balaban J connectivity index is 1.61. The van der Waals surface area contributed by atoms with Gasteiger partial charge < -0.3 is 14.8 Å². The molecule has 0 radical (unpaired) electrons. The number of aromatic nitrogens is 1. The largest absolute Gasteiger partial charge is 0.495 e. The third kappa shape index (κ3) is 3.31. The minimum atomic E-state index is -0.108. The molecule has 1 aromatic heterocycles. The molecule has 0 saturated carbocycles. The summed E-state index contributed by atoms with van der Waals surface area (Å²) in [5, 5.41) is 5.64. The van der Waals surface area contributed by atoms with Gasteiger partial charge in [0.1, 0.15) is 21.7 Å². The van der Waals surface area contributed by atoms with E-state index in [2.05, 4.69) is 10.3 Å². The van der Waals surface area contributed by atoms with E-state index >= 15 is 0 Å². The number of carbonyl (C=O) groups excluding carboxylic acids is 1. The molecule has 0 saturated heterocycles. The van der Waals surface area contributed by atoms with E-state index in [-0.39, 0.29) is 12.3 Å². The summed E-state index contributed by atoms with van der Waals surface area (Å²) in [5.41, 5.74) is 1.67. The number of nitrogens with one attached hydrogen (secondary N) is 1. The van der Waals surface area contributed by atoms with Crippen LogP contribution in [0.5, 0.6) is 11.5 Å². The summed E-state index contributed by atoms with van der Waals surface area (Å²) < 4.78 is 11.6. The minimum absolute atomic E-state index is 0.108. The fourth-order valence-electron chi connectivity index (χ4n) is 3.12. The predicted molar refractivity (Wildman–Crippen MR) is 109 cm³/mol. The number of carbonyl (C=O) groups is 1. The van der Waals surface area contributed by atoms with Crippen LogP contribution in [-0.4, -0.2) is 25.1 Å². The van der Waals surface area contributed by atoms with E-state index in [1.54, 1.807) is 14.2 Å². The zero-order valence-corrected chi connectivity index (χ0v) is 15.8. The van der Waals surface area contributed by atoms with Crippen LogP contribution in [0.2, 0.25) is 0 Å². The Morgan fingerprint density at radius 2 is 1.74 bits per heavy atom. The lowest BCUT2D eigenvalue weighted by Gasteiger charge is -2.06. The van der Waals surface area contributed by atoms with Gasteiger partial charge in [0.15, 0.2) is 5.13 Å². The summed E-state index contributed by atoms with van der Waals surface area (Å²) in [6.07, 6.45) is 0.283. The molecule has 0 fully saturated rings. The number of ether oxygens (including phenoxy) is 2. The van der Waals surface area contributed by atoms with E-state index in [0.29, 0.717) is 22.1 Å². The molecule has 0 bridgehead atoms. The van der Waals surface area contributed by atoms with Crippen LogP contribution >= 0.6 is 11.3 Å². The summed E-state index contributed by atoms with van der Waals surface area (Å²) in [6, 6.07) is 17.7. The Morgan fingerprint density at radius 1 is 1.00 bits per heavy atom. The molecule has 3 aromatic carbocycles. The van der Waals surface area contributed by atoms with Crippen molar-refractivity contribution in [2.75, 3.05) is 19.5 Å². The lowest BCUT2D eigenvalue weighted by Crippen LogP contribution is -2.14. The van der Waals surface area contributed by atoms with Crippen molar-refractivity contribution in [1.29, 1.82) is 0 Å². The van der Waals surface area contributed by atoms with Gasteiger partial charge in [-0.1, -0.05) is 53.8 Å². The maximum Gasteiger partial charge on any atom is 0.230 e. The van der Waals surface area contributed by atoms with E-state index in [1.807, 2.05) is 54.6 Å². The summed E-state index contributed by atoms with van der Waals surface area (Å²) in [4.78, 5) is 17.1. The lowest BCUT2D eigenvalue weighted by molar-refractivity contribution is -0.115. The van der Waals surface area contributed by atoms with E-state index in [4.69, 9.17) is 9.47 Å². The number of hydrogen-bond acceptors (Lipinski definition) is 5. The highest BCUT2D eigenvalue weighted by atomic mass is 32.1. The topological polar surface area (TPSA) is 60.5 Å². The summed E-state index contributed by atoms with van der Waals surface area (Å²) >= 11 is 1.37. The van der Waals surface area contributed by atoms with Gasteiger partial charge in [0.25, 0.3) is 0 Å². The van der Waals surface area contributed by atoms with Crippen LogP contribution in [0.1, 0.15) is 5.56 Å². The van der Waals surface area contributed by atoms with Gasteiger partial charge in [-0.25, -0.2) is 4.98 Å². The highest BCUT2D eigenvalue weighted by Crippen LogP contribution is 2.38. The van der Waals surface area contributed by atoms with E-state index in [1.165, 1.54) is 11.3 Å². The fourth-order valence-corrected chi connectivity index (χ4v) is 4.11. The number of hydrogen-bond donors (Lipinski definition) is 1. The second-order valence-corrected chi connectivity index (χ2v) is 7.03. The van der Waals surface area contributed by atoms with Gasteiger partial charge in [0.05, 0.1) is 20.6 Å². The van der Waals surface area contributed by atoms with Crippen LogP contribution in [0.3, 0.4) is 0 Å².